The minimum Gasteiger partial charge on any atom is -0.337 e. The Morgan fingerprint density at radius 1 is 1.17 bits per heavy atom. The van der Waals surface area contributed by atoms with Gasteiger partial charge in [0.1, 0.15) is 0 Å². The number of carbonyl (C=O) groups excluding carboxylic acids is 1. The average molecular weight is 438 g/mol. The number of aryl methyl sites for hydroxylation is 1. The fourth-order valence-electron chi connectivity index (χ4n) is 4.71. The predicted molar refractivity (Wildman–Crippen MR) is 114 cm³/mol. The number of hydrogen-bond donors (Lipinski definition) is 0. The summed E-state index contributed by atoms with van der Waals surface area (Å²) in [4.78, 5) is 25.7. The zero-order chi connectivity index (χ0) is 22.1. The van der Waals surface area contributed by atoms with Crippen molar-refractivity contribution in [3.8, 4) is 0 Å². The van der Waals surface area contributed by atoms with Gasteiger partial charge in [-0.15, -0.1) is 0 Å². The monoisotopic (exact) mass is 437 g/mol. The number of rotatable bonds is 6. The maximum absolute atomic E-state index is 13.2. The van der Waals surface area contributed by atoms with Crippen LogP contribution in [0.5, 0.6) is 0 Å². The first-order valence-electron chi connectivity index (χ1n) is 10.7. The Labute approximate surface area is 178 Å². The summed E-state index contributed by atoms with van der Waals surface area (Å²) in [5.41, 5.74) is 0.236. The van der Waals surface area contributed by atoms with E-state index in [1.165, 1.54) is 16.4 Å². The molecular weight excluding hydrogens is 406 g/mol. The summed E-state index contributed by atoms with van der Waals surface area (Å²) >= 11 is 0. The number of piperidine rings is 1. The van der Waals surface area contributed by atoms with E-state index in [4.69, 9.17) is 0 Å². The quantitative estimate of drug-likeness (QED) is 0.501. The van der Waals surface area contributed by atoms with Gasteiger partial charge >= 0.3 is 0 Å². The Bertz CT molecular complexity index is 901. The summed E-state index contributed by atoms with van der Waals surface area (Å²) in [6.07, 6.45) is 5.34. The molecule has 0 atom stereocenters. The van der Waals surface area contributed by atoms with Crippen molar-refractivity contribution in [2.75, 3.05) is 13.1 Å². The summed E-state index contributed by atoms with van der Waals surface area (Å²) in [6.45, 7) is 6.21. The van der Waals surface area contributed by atoms with Crippen molar-refractivity contribution in [1.29, 1.82) is 0 Å². The molecule has 0 radical (unpaired) electrons. The maximum Gasteiger partial charge on any atom is 0.270 e. The summed E-state index contributed by atoms with van der Waals surface area (Å²) in [5.74, 6) is -0.0360. The van der Waals surface area contributed by atoms with Crippen LogP contribution < -0.4 is 0 Å². The molecule has 166 valence electrons. The third-order valence-electron chi connectivity index (χ3n) is 6.33. The highest BCUT2D eigenvalue weighted by Gasteiger charge is 2.37. The minimum atomic E-state index is -3.85. The lowest BCUT2D eigenvalue weighted by Crippen LogP contribution is -2.49. The first-order valence-corrected chi connectivity index (χ1v) is 12.1. The number of nitrogens with zero attached hydrogens (tertiary/aromatic N) is 3. The number of nitro benzene ring substituents is 1. The zero-order valence-corrected chi connectivity index (χ0v) is 18.7. The van der Waals surface area contributed by atoms with Crippen molar-refractivity contribution in [3.63, 3.8) is 0 Å². The standard InChI is InChI=1S/C21H31N3O5S/c1-15(2)23(18-6-4-5-7-18)21(25)17-10-12-22(13-11-17)30(28,29)20-14-19(24(26)27)9-8-16(20)3/h8-9,14-15,17-18H,4-7,10-13H2,1-3H3. The number of non-ortho nitro benzene ring substituents is 1. The Balaban J connectivity index is 1.72. The van der Waals surface area contributed by atoms with Gasteiger partial charge in [0, 0.05) is 43.2 Å². The Kier molecular flexibility index (Phi) is 6.81. The topological polar surface area (TPSA) is 101 Å². The van der Waals surface area contributed by atoms with Gasteiger partial charge in [-0.3, -0.25) is 14.9 Å². The van der Waals surface area contributed by atoms with Gasteiger partial charge in [0.15, 0.2) is 0 Å². The van der Waals surface area contributed by atoms with Crippen molar-refractivity contribution in [1.82, 2.24) is 9.21 Å². The van der Waals surface area contributed by atoms with E-state index < -0.39 is 14.9 Å². The largest absolute Gasteiger partial charge is 0.337 e. The van der Waals surface area contributed by atoms with Crippen LogP contribution in [0.25, 0.3) is 0 Å². The number of carbonyl (C=O) groups is 1. The highest BCUT2D eigenvalue weighted by atomic mass is 32.2. The molecule has 2 aliphatic rings. The molecule has 2 fully saturated rings. The fourth-order valence-corrected chi connectivity index (χ4v) is 6.43. The number of amides is 1. The SMILES string of the molecule is Cc1ccc([N+](=O)[O-])cc1S(=O)(=O)N1CCC(C(=O)N(C(C)C)C2CCCC2)CC1. The average Bonchev–Trinajstić information content (AvgIpc) is 3.22. The smallest absolute Gasteiger partial charge is 0.270 e. The summed E-state index contributed by atoms with van der Waals surface area (Å²) in [5, 5.41) is 11.1. The first kappa shape index (κ1) is 22.7. The van der Waals surface area contributed by atoms with E-state index in [1.54, 1.807) is 6.92 Å². The normalized spacial score (nSPS) is 19.3. The second-order valence-electron chi connectivity index (χ2n) is 8.66. The highest BCUT2D eigenvalue weighted by Crippen LogP contribution is 2.31. The molecule has 0 bridgehead atoms. The number of nitro groups is 1. The van der Waals surface area contributed by atoms with E-state index in [0.717, 1.165) is 31.7 Å². The first-order chi connectivity index (χ1) is 14.1. The van der Waals surface area contributed by atoms with Crippen LogP contribution in [-0.2, 0) is 14.8 Å². The van der Waals surface area contributed by atoms with Crippen molar-refractivity contribution in [2.45, 2.75) is 76.3 Å². The molecule has 8 nitrogen and oxygen atoms in total. The molecule has 3 rings (SSSR count). The van der Waals surface area contributed by atoms with Crippen LogP contribution in [0.2, 0.25) is 0 Å². The minimum absolute atomic E-state index is 0.0313. The summed E-state index contributed by atoms with van der Waals surface area (Å²) in [7, 11) is -3.85. The van der Waals surface area contributed by atoms with Crippen molar-refractivity contribution in [3.05, 3.63) is 33.9 Å². The van der Waals surface area contributed by atoms with E-state index in [0.29, 0.717) is 24.4 Å². The molecule has 1 saturated heterocycles. The highest BCUT2D eigenvalue weighted by molar-refractivity contribution is 7.89. The molecule has 30 heavy (non-hydrogen) atoms. The molecule has 1 aliphatic carbocycles. The molecule has 1 heterocycles. The lowest BCUT2D eigenvalue weighted by Gasteiger charge is -2.38. The van der Waals surface area contributed by atoms with E-state index in [9.17, 15) is 23.3 Å². The van der Waals surface area contributed by atoms with Gasteiger partial charge < -0.3 is 4.90 Å². The lowest BCUT2D eigenvalue weighted by molar-refractivity contribution is -0.385. The number of benzene rings is 1. The molecule has 0 aromatic heterocycles. The molecule has 1 aliphatic heterocycles. The molecule has 1 saturated carbocycles. The van der Waals surface area contributed by atoms with Crippen LogP contribution in [0.1, 0.15) is 57.9 Å². The second kappa shape index (κ2) is 9.01. The fraction of sp³-hybridized carbons (Fsp3) is 0.667. The second-order valence-corrected chi connectivity index (χ2v) is 10.6. The zero-order valence-electron chi connectivity index (χ0n) is 17.9. The summed E-state index contributed by atoms with van der Waals surface area (Å²) < 4.78 is 27.6. The van der Waals surface area contributed by atoms with Crippen molar-refractivity contribution >= 4 is 21.6 Å². The van der Waals surface area contributed by atoms with Crippen molar-refractivity contribution < 1.29 is 18.1 Å². The van der Waals surface area contributed by atoms with E-state index in [1.807, 2.05) is 18.7 Å². The maximum atomic E-state index is 13.2. The van der Waals surface area contributed by atoms with Gasteiger partial charge in [0.2, 0.25) is 15.9 Å². The van der Waals surface area contributed by atoms with Crippen LogP contribution in [0.4, 0.5) is 5.69 Å². The van der Waals surface area contributed by atoms with Crippen LogP contribution in [0, 0.1) is 23.0 Å². The van der Waals surface area contributed by atoms with Crippen LogP contribution >= 0.6 is 0 Å². The Morgan fingerprint density at radius 2 is 1.77 bits per heavy atom. The molecule has 0 spiro atoms. The molecule has 1 amide bonds. The van der Waals surface area contributed by atoms with Gasteiger partial charge in [-0.1, -0.05) is 18.9 Å². The number of sulfonamides is 1. The molecule has 9 heteroatoms. The molecule has 1 aromatic carbocycles. The molecule has 0 unspecified atom stereocenters. The van der Waals surface area contributed by atoms with E-state index in [2.05, 4.69) is 0 Å². The van der Waals surface area contributed by atoms with Gasteiger partial charge in [0.05, 0.1) is 9.82 Å². The number of hydrogen-bond acceptors (Lipinski definition) is 5. The predicted octanol–water partition coefficient (Wildman–Crippen LogP) is 3.48. The van der Waals surface area contributed by atoms with Crippen molar-refractivity contribution in [2.24, 2.45) is 5.92 Å². The van der Waals surface area contributed by atoms with Crippen LogP contribution in [0.15, 0.2) is 23.1 Å². The van der Waals surface area contributed by atoms with Gasteiger partial charge in [-0.2, -0.15) is 4.31 Å². The van der Waals surface area contributed by atoms with E-state index in [-0.39, 0.29) is 41.5 Å². The Morgan fingerprint density at radius 3 is 2.30 bits per heavy atom. The lowest BCUT2D eigenvalue weighted by atomic mass is 9.95. The third kappa shape index (κ3) is 4.51. The van der Waals surface area contributed by atoms with Gasteiger partial charge in [-0.05, 0) is 52.0 Å². The van der Waals surface area contributed by atoms with Gasteiger partial charge in [0.25, 0.3) is 5.69 Å². The van der Waals surface area contributed by atoms with Gasteiger partial charge in [-0.25, -0.2) is 8.42 Å². The molecular formula is C21H31N3O5S. The molecule has 1 aromatic rings. The Hall–Kier alpha value is -2.00. The van der Waals surface area contributed by atoms with E-state index >= 15 is 0 Å². The third-order valence-corrected chi connectivity index (χ3v) is 8.37. The van der Waals surface area contributed by atoms with Crippen LogP contribution in [-0.4, -0.2) is 53.6 Å². The summed E-state index contributed by atoms with van der Waals surface area (Å²) in [6, 6.07) is 4.33. The van der Waals surface area contributed by atoms with Crippen LogP contribution in [0.3, 0.4) is 0 Å². The molecule has 0 N–H and O–H groups in total.